The van der Waals surface area contributed by atoms with Crippen LogP contribution in [0.1, 0.15) is 0 Å². The van der Waals surface area contributed by atoms with Crippen LogP contribution in [-0.4, -0.2) is 4.57 Å². The molecule has 0 amide bonds. The average molecular weight is 779 g/mol. The van der Waals surface area contributed by atoms with Crippen molar-refractivity contribution >= 4 is 71.6 Å². The van der Waals surface area contributed by atoms with E-state index in [0.29, 0.717) is 0 Å². The number of nitrogens with zero attached hydrogens (tertiary/aromatic N) is 2. The van der Waals surface area contributed by atoms with E-state index < -0.39 is 0 Å². The van der Waals surface area contributed by atoms with Gasteiger partial charge in [-0.2, -0.15) is 0 Å². The first-order chi connectivity index (χ1) is 30.3. The van der Waals surface area contributed by atoms with Crippen LogP contribution in [0.4, 0.5) is 17.1 Å². The molecule has 0 fully saturated rings. The van der Waals surface area contributed by atoms with Gasteiger partial charge < -0.3 is 13.9 Å². The number of benzene rings is 10. The Balaban J connectivity index is 1.06. The zero-order chi connectivity index (χ0) is 40.3. The molecule has 0 saturated heterocycles. The normalized spacial score (nSPS) is 11.6. The molecule has 2 heterocycles. The number of furan rings is 1. The van der Waals surface area contributed by atoms with Gasteiger partial charge in [-0.25, -0.2) is 0 Å². The Kier molecular flexibility index (Phi) is 8.17. The smallest absolute Gasteiger partial charge is 0.143 e. The van der Waals surface area contributed by atoms with Gasteiger partial charge in [-0.05, 0) is 93.7 Å². The van der Waals surface area contributed by atoms with E-state index in [1.807, 2.05) is 0 Å². The molecule has 12 rings (SSSR count). The van der Waals surface area contributed by atoms with Crippen molar-refractivity contribution in [1.29, 1.82) is 0 Å². The van der Waals surface area contributed by atoms with E-state index in [4.69, 9.17) is 4.42 Å². The van der Waals surface area contributed by atoms with Crippen molar-refractivity contribution in [2.45, 2.75) is 0 Å². The van der Waals surface area contributed by atoms with Crippen LogP contribution in [-0.2, 0) is 0 Å². The molecule has 61 heavy (non-hydrogen) atoms. The predicted octanol–water partition coefficient (Wildman–Crippen LogP) is 16.3. The maximum atomic E-state index is 7.17. The third-order valence-electron chi connectivity index (χ3n) is 12.2. The Bertz CT molecular complexity index is 3430. The van der Waals surface area contributed by atoms with Gasteiger partial charge in [-0.1, -0.05) is 164 Å². The second-order valence-corrected chi connectivity index (χ2v) is 15.7. The molecule has 286 valence electrons. The summed E-state index contributed by atoms with van der Waals surface area (Å²) in [6.45, 7) is 0. The first-order valence-corrected chi connectivity index (χ1v) is 20.8. The summed E-state index contributed by atoms with van der Waals surface area (Å²) in [6, 6.07) is 82.6. The minimum Gasteiger partial charge on any atom is -0.455 e. The molecular weight excluding hydrogens is 741 g/mol. The van der Waals surface area contributed by atoms with Crippen LogP contribution in [0.15, 0.2) is 235 Å². The molecule has 2 aromatic heterocycles. The maximum Gasteiger partial charge on any atom is 0.143 e. The summed E-state index contributed by atoms with van der Waals surface area (Å²) >= 11 is 0. The summed E-state index contributed by atoms with van der Waals surface area (Å²) in [5.74, 6) is 0. The number of hydrogen-bond donors (Lipinski definition) is 0. The fourth-order valence-electron chi connectivity index (χ4n) is 9.35. The van der Waals surface area contributed by atoms with Gasteiger partial charge in [0.15, 0.2) is 0 Å². The lowest BCUT2D eigenvalue weighted by molar-refractivity contribution is 0.670. The molecule has 0 bridgehead atoms. The third kappa shape index (κ3) is 5.82. The number of rotatable bonds is 7. The minimum atomic E-state index is 0.839. The largest absolute Gasteiger partial charge is 0.455 e. The molecule has 10 aromatic carbocycles. The lowest BCUT2D eigenvalue weighted by Gasteiger charge is -2.26. The van der Waals surface area contributed by atoms with Crippen molar-refractivity contribution in [1.82, 2.24) is 4.57 Å². The summed E-state index contributed by atoms with van der Waals surface area (Å²) < 4.78 is 9.58. The van der Waals surface area contributed by atoms with E-state index >= 15 is 0 Å². The molecule has 12 aromatic rings. The quantitative estimate of drug-likeness (QED) is 0.161. The van der Waals surface area contributed by atoms with Gasteiger partial charge in [0.2, 0.25) is 0 Å². The summed E-state index contributed by atoms with van der Waals surface area (Å²) in [5.41, 5.74) is 15.3. The summed E-state index contributed by atoms with van der Waals surface area (Å²) in [5, 5.41) is 7.03. The fraction of sp³-hybridized carbons (Fsp3) is 0. The molecule has 3 nitrogen and oxygen atoms in total. The zero-order valence-corrected chi connectivity index (χ0v) is 33.2. The standard InChI is InChI=1S/C58H38N2O/c1-3-15-39(16-4-1)41-27-31-44(32-28-41)59(45-33-29-42(30-34-45)40-17-5-2-6-18-40)46-35-36-51-56(38-46)61-58-52(37-43-19-7-8-20-47(43)57(51)58)50-23-11-14-26-55(50)60-53-24-12-9-21-48(53)49-22-10-13-25-54(49)60/h1-38H. The van der Waals surface area contributed by atoms with Crippen molar-refractivity contribution < 1.29 is 4.42 Å². The molecule has 0 aliphatic carbocycles. The molecule has 0 spiro atoms. The van der Waals surface area contributed by atoms with Gasteiger partial charge >= 0.3 is 0 Å². The van der Waals surface area contributed by atoms with Crippen molar-refractivity contribution in [3.8, 4) is 39.1 Å². The average Bonchev–Trinajstić information content (AvgIpc) is 3.89. The van der Waals surface area contributed by atoms with Gasteiger partial charge in [-0.15, -0.1) is 0 Å². The molecule has 0 unspecified atom stereocenters. The van der Waals surface area contributed by atoms with E-state index in [2.05, 4.69) is 240 Å². The van der Waals surface area contributed by atoms with E-state index in [-0.39, 0.29) is 0 Å². The fourth-order valence-corrected chi connectivity index (χ4v) is 9.35. The van der Waals surface area contributed by atoms with Gasteiger partial charge in [0.05, 0.1) is 16.7 Å². The van der Waals surface area contributed by atoms with Crippen LogP contribution >= 0.6 is 0 Å². The van der Waals surface area contributed by atoms with E-state index in [0.717, 1.165) is 55.8 Å². The lowest BCUT2D eigenvalue weighted by atomic mass is 9.95. The highest BCUT2D eigenvalue weighted by molar-refractivity contribution is 6.23. The second-order valence-electron chi connectivity index (χ2n) is 15.7. The van der Waals surface area contributed by atoms with E-state index in [1.165, 1.54) is 54.8 Å². The van der Waals surface area contributed by atoms with Crippen LogP contribution in [0.2, 0.25) is 0 Å². The van der Waals surface area contributed by atoms with Gasteiger partial charge in [0.25, 0.3) is 0 Å². The molecule has 0 N–H and O–H groups in total. The van der Waals surface area contributed by atoms with Gasteiger partial charge in [-0.3, -0.25) is 0 Å². The van der Waals surface area contributed by atoms with E-state index in [1.54, 1.807) is 0 Å². The maximum absolute atomic E-state index is 7.17. The SMILES string of the molecule is c1ccc(-c2ccc(N(c3ccc(-c4ccccc4)cc3)c3ccc4c(c3)oc3c(-c5ccccc5-n5c6ccccc6c6ccccc65)cc5ccccc5c34)cc2)cc1. The summed E-state index contributed by atoms with van der Waals surface area (Å²) in [4.78, 5) is 2.33. The molecule has 3 heteroatoms. The first kappa shape index (κ1) is 34.9. The molecule has 0 aliphatic heterocycles. The van der Waals surface area contributed by atoms with Crippen molar-refractivity contribution in [3.05, 3.63) is 231 Å². The van der Waals surface area contributed by atoms with Crippen LogP contribution in [0.5, 0.6) is 0 Å². The molecule has 0 radical (unpaired) electrons. The van der Waals surface area contributed by atoms with Crippen molar-refractivity contribution in [3.63, 3.8) is 0 Å². The van der Waals surface area contributed by atoms with Gasteiger partial charge in [0, 0.05) is 55.8 Å². The topological polar surface area (TPSA) is 21.3 Å². The molecule has 0 aliphatic rings. The predicted molar refractivity (Wildman–Crippen MR) is 257 cm³/mol. The van der Waals surface area contributed by atoms with Crippen molar-refractivity contribution in [2.24, 2.45) is 0 Å². The van der Waals surface area contributed by atoms with Gasteiger partial charge in [0.1, 0.15) is 11.2 Å². The van der Waals surface area contributed by atoms with Crippen molar-refractivity contribution in [2.75, 3.05) is 4.90 Å². The Labute approximate surface area is 353 Å². The monoisotopic (exact) mass is 778 g/mol. The first-order valence-electron chi connectivity index (χ1n) is 20.8. The highest BCUT2D eigenvalue weighted by atomic mass is 16.3. The molecule has 0 atom stereocenters. The highest BCUT2D eigenvalue weighted by Crippen LogP contribution is 2.46. The minimum absolute atomic E-state index is 0.839. The summed E-state index contributed by atoms with van der Waals surface area (Å²) in [6.07, 6.45) is 0. The lowest BCUT2D eigenvalue weighted by Crippen LogP contribution is -2.09. The number of fused-ring (bicyclic) bond motifs is 8. The third-order valence-corrected chi connectivity index (χ3v) is 12.2. The Morgan fingerprint density at radius 1 is 0.344 bits per heavy atom. The molecule has 0 saturated carbocycles. The van der Waals surface area contributed by atoms with Crippen LogP contribution in [0, 0.1) is 0 Å². The number of hydrogen-bond acceptors (Lipinski definition) is 2. The van der Waals surface area contributed by atoms with E-state index in [9.17, 15) is 0 Å². The Hall–Kier alpha value is -8.14. The summed E-state index contributed by atoms with van der Waals surface area (Å²) in [7, 11) is 0. The number of aromatic nitrogens is 1. The van der Waals surface area contributed by atoms with Crippen LogP contribution in [0.3, 0.4) is 0 Å². The Morgan fingerprint density at radius 2 is 0.836 bits per heavy atom. The van der Waals surface area contributed by atoms with Crippen LogP contribution < -0.4 is 4.90 Å². The zero-order valence-electron chi connectivity index (χ0n) is 33.2. The van der Waals surface area contributed by atoms with Crippen LogP contribution in [0.25, 0.3) is 93.6 Å². The highest BCUT2D eigenvalue weighted by Gasteiger charge is 2.22. The Morgan fingerprint density at radius 3 is 1.46 bits per heavy atom. The molecular formula is C58H38N2O. The second kappa shape index (κ2) is 14.3. The number of para-hydroxylation sites is 3. The number of anilines is 3.